The van der Waals surface area contributed by atoms with Gasteiger partial charge in [-0.2, -0.15) is 5.10 Å². The molecule has 0 radical (unpaired) electrons. The zero-order valence-corrected chi connectivity index (χ0v) is 21.0. The van der Waals surface area contributed by atoms with Gasteiger partial charge in [-0.25, -0.2) is 9.07 Å². The highest BCUT2D eigenvalue weighted by Gasteiger charge is 2.32. The fraction of sp³-hybridized carbons (Fsp3) is 0.300. The van der Waals surface area contributed by atoms with Gasteiger partial charge in [0.15, 0.2) is 11.6 Å². The zero-order chi connectivity index (χ0) is 25.6. The van der Waals surface area contributed by atoms with Gasteiger partial charge in [-0.15, -0.1) is 0 Å². The van der Waals surface area contributed by atoms with Gasteiger partial charge >= 0.3 is 0 Å². The average Bonchev–Trinajstić information content (AvgIpc) is 3.72. The van der Waals surface area contributed by atoms with Gasteiger partial charge in [0.1, 0.15) is 0 Å². The summed E-state index contributed by atoms with van der Waals surface area (Å²) in [5, 5.41) is 15.5. The van der Waals surface area contributed by atoms with Crippen molar-refractivity contribution in [2.45, 2.75) is 45.1 Å². The molecule has 192 valence electrons. The number of nitrogens with zero attached hydrogens (tertiary/aromatic N) is 3. The van der Waals surface area contributed by atoms with Crippen LogP contribution in [0.4, 0.5) is 4.39 Å². The molecule has 1 aliphatic carbocycles. The predicted octanol–water partition coefficient (Wildman–Crippen LogP) is 5.65. The van der Waals surface area contributed by atoms with Crippen LogP contribution in [0, 0.1) is 12.7 Å². The Morgan fingerprint density at radius 1 is 1.00 bits per heavy atom. The molecule has 0 aliphatic heterocycles. The number of halogens is 1. The number of para-hydroxylation sites is 2. The van der Waals surface area contributed by atoms with Crippen molar-refractivity contribution < 1.29 is 19.0 Å². The fourth-order valence-corrected chi connectivity index (χ4v) is 4.40. The van der Waals surface area contributed by atoms with Crippen molar-refractivity contribution in [3.63, 3.8) is 0 Å². The number of rotatable bonds is 12. The molecule has 0 bridgehead atoms. The lowest BCUT2D eigenvalue weighted by Gasteiger charge is -2.25. The van der Waals surface area contributed by atoms with Crippen LogP contribution in [-0.4, -0.2) is 45.1 Å². The molecule has 4 aromatic rings. The lowest BCUT2D eigenvalue weighted by molar-refractivity contribution is 0.00693. The predicted molar refractivity (Wildman–Crippen MR) is 140 cm³/mol. The second-order valence-electron chi connectivity index (χ2n) is 9.46. The van der Waals surface area contributed by atoms with Crippen LogP contribution in [-0.2, 0) is 17.9 Å². The molecule has 7 heteroatoms. The second-order valence-corrected chi connectivity index (χ2v) is 9.46. The van der Waals surface area contributed by atoms with Crippen LogP contribution in [0.25, 0.3) is 5.69 Å². The Morgan fingerprint density at radius 2 is 1.68 bits per heavy atom. The molecule has 37 heavy (non-hydrogen) atoms. The van der Waals surface area contributed by atoms with Gasteiger partial charge < -0.3 is 14.6 Å². The van der Waals surface area contributed by atoms with Crippen LogP contribution in [0.3, 0.4) is 0 Å². The van der Waals surface area contributed by atoms with E-state index in [2.05, 4.69) is 4.90 Å². The second kappa shape index (κ2) is 11.7. The van der Waals surface area contributed by atoms with Gasteiger partial charge in [0.2, 0.25) is 5.88 Å². The van der Waals surface area contributed by atoms with E-state index in [4.69, 9.17) is 14.6 Å². The summed E-state index contributed by atoms with van der Waals surface area (Å²) in [6.07, 6.45) is 1.52. The first-order valence-electron chi connectivity index (χ1n) is 12.7. The monoisotopic (exact) mass is 501 g/mol. The molecular formula is C30H32FN3O3. The Kier molecular flexibility index (Phi) is 7.94. The maximum absolute atomic E-state index is 14.5. The number of aliphatic hydroxyl groups excluding tert-OH is 1. The van der Waals surface area contributed by atoms with E-state index >= 15 is 0 Å². The van der Waals surface area contributed by atoms with Crippen molar-refractivity contribution in [1.29, 1.82) is 0 Å². The third-order valence-electron chi connectivity index (χ3n) is 6.47. The Hall–Kier alpha value is -3.52. The maximum atomic E-state index is 14.5. The number of ether oxygens (including phenoxy) is 2. The summed E-state index contributed by atoms with van der Waals surface area (Å²) in [5.74, 6) is 0.194. The van der Waals surface area contributed by atoms with E-state index in [1.54, 1.807) is 22.9 Å². The summed E-state index contributed by atoms with van der Waals surface area (Å²) in [6, 6.07) is 26.4. The van der Waals surface area contributed by atoms with Crippen LogP contribution in [0.2, 0.25) is 0 Å². The topological polar surface area (TPSA) is 59.8 Å². The SMILES string of the molecule is Cc1nn(-c2ccccc2)c(Oc2ccccc2F)c1CN(CC(O)COCc1ccccc1)C1CC1. The van der Waals surface area contributed by atoms with E-state index in [0.29, 0.717) is 31.6 Å². The van der Waals surface area contributed by atoms with Crippen molar-refractivity contribution >= 4 is 0 Å². The Balaban J connectivity index is 1.35. The molecule has 1 N–H and O–H groups in total. The molecule has 6 nitrogen and oxygen atoms in total. The molecule has 1 aromatic heterocycles. The van der Waals surface area contributed by atoms with E-state index < -0.39 is 11.9 Å². The first-order chi connectivity index (χ1) is 18.1. The van der Waals surface area contributed by atoms with Crippen molar-refractivity contribution in [1.82, 2.24) is 14.7 Å². The first kappa shape index (κ1) is 25.1. The quantitative estimate of drug-likeness (QED) is 0.272. The average molecular weight is 502 g/mol. The van der Waals surface area contributed by atoms with Crippen LogP contribution < -0.4 is 4.74 Å². The van der Waals surface area contributed by atoms with Crippen LogP contribution in [0.15, 0.2) is 84.9 Å². The van der Waals surface area contributed by atoms with Crippen molar-refractivity contribution in [3.05, 3.63) is 108 Å². The van der Waals surface area contributed by atoms with E-state index in [0.717, 1.165) is 35.3 Å². The number of aryl methyl sites for hydroxylation is 1. The Labute approximate surface area is 216 Å². The fourth-order valence-electron chi connectivity index (χ4n) is 4.40. The summed E-state index contributed by atoms with van der Waals surface area (Å²) < 4.78 is 28.2. The Morgan fingerprint density at radius 3 is 2.38 bits per heavy atom. The number of aliphatic hydroxyl groups is 1. The number of aromatic nitrogens is 2. The van der Waals surface area contributed by atoms with Crippen molar-refractivity contribution in [3.8, 4) is 17.3 Å². The number of benzene rings is 3. The van der Waals surface area contributed by atoms with Crippen molar-refractivity contribution in [2.24, 2.45) is 0 Å². The zero-order valence-electron chi connectivity index (χ0n) is 21.0. The lowest BCUT2D eigenvalue weighted by atomic mass is 10.2. The highest BCUT2D eigenvalue weighted by Crippen LogP contribution is 2.35. The normalized spacial score (nSPS) is 14.2. The van der Waals surface area contributed by atoms with Crippen LogP contribution in [0.1, 0.15) is 29.7 Å². The molecule has 1 saturated carbocycles. The van der Waals surface area contributed by atoms with Gasteiger partial charge in [-0.3, -0.25) is 4.90 Å². The third-order valence-corrected chi connectivity index (χ3v) is 6.47. The third kappa shape index (κ3) is 6.43. The minimum Gasteiger partial charge on any atom is -0.435 e. The molecule has 1 atom stereocenters. The van der Waals surface area contributed by atoms with Gasteiger partial charge in [0.05, 0.1) is 36.3 Å². The molecule has 1 aliphatic rings. The molecular weight excluding hydrogens is 469 g/mol. The summed E-state index contributed by atoms with van der Waals surface area (Å²) >= 11 is 0. The maximum Gasteiger partial charge on any atom is 0.227 e. The van der Waals surface area contributed by atoms with Gasteiger partial charge in [-0.1, -0.05) is 60.7 Å². The largest absolute Gasteiger partial charge is 0.435 e. The van der Waals surface area contributed by atoms with E-state index in [1.807, 2.05) is 67.6 Å². The Bertz CT molecular complexity index is 1290. The summed E-state index contributed by atoms with van der Waals surface area (Å²) in [4.78, 5) is 2.25. The highest BCUT2D eigenvalue weighted by molar-refractivity contribution is 5.43. The summed E-state index contributed by atoms with van der Waals surface area (Å²) in [5.41, 5.74) is 3.58. The summed E-state index contributed by atoms with van der Waals surface area (Å²) in [6.45, 7) is 3.65. The first-order valence-corrected chi connectivity index (χ1v) is 12.7. The van der Waals surface area contributed by atoms with E-state index in [1.165, 1.54) is 6.07 Å². The minimum atomic E-state index is -0.635. The molecule has 5 rings (SSSR count). The lowest BCUT2D eigenvalue weighted by Crippen LogP contribution is -2.36. The van der Waals surface area contributed by atoms with Gasteiger partial charge in [0, 0.05) is 19.1 Å². The van der Waals surface area contributed by atoms with Crippen LogP contribution >= 0.6 is 0 Å². The molecule has 0 amide bonds. The molecule has 1 fully saturated rings. The smallest absolute Gasteiger partial charge is 0.227 e. The van der Waals surface area contributed by atoms with E-state index in [9.17, 15) is 9.50 Å². The van der Waals surface area contributed by atoms with Gasteiger partial charge in [0.25, 0.3) is 0 Å². The molecule has 0 spiro atoms. The minimum absolute atomic E-state index is 0.146. The van der Waals surface area contributed by atoms with Crippen LogP contribution in [0.5, 0.6) is 11.6 Å². The molecule has 0 saturated heterocycles. The summed E-state index contributed by atoms with van der Waals surface area (Å²) in [7, 11) is 0. The number of hydrogen-bond donors (Lipinski definition) is 1. The highest BCUT2D eigenvalue weighted by atomic mass is 19.1. The molecule has 1 heterocycles. The number of hydrogen-bond acceptors (Lipinski definition) is 5. The standard InChI is InChI=1S/C30H32FN3O3/c1-22-27(19-33(24-16-17-24)18-26(35)21-36-20-23-10-4-2-5-11-23)30(37-29-15-9-8-14-28(29)31)34(32-22)25-12-6-3-7-13-25/h2-15,24,26,35H,16-21H2,1H3. The molecule has 3 aromatic carbocycles. The van der Waals surface area contributed by atoms with Gasteiger partial charge in [-0.05, 0) is 49.6 Å². The molecule has 1 unspecified atom stereocenters. The van der Waals surface area contributed by atoms with E-state index in [-0.39, 0.29) is 12.4 Å². The van der Waals surface area contributed by atoms with Crippen molar-refractivity contribution in [2.75, 3.05) is 13.2 Å².